The lowest BCUT2D eigenvalue weighted by Crippen LogP contribution is -2.43. The Morgan fingerprint density at radius 2 is 1.73 bits per heavy atom. The highest BCUT2D eigenvalue weighted by atomic mass is 16.5. The molecule has 6 rings (SSSR count). The number of likely N-dealkylation sites (N-methyl/N-ethyl adjacent to an activating group) is 1. The third-order valence-corrected chi connectivity index (χ3v) is 8.50. The van der Waals surface area contributed by atoms with Crippen LogP contribution < -0.4 is 15.6 Å². The zero-order valence-electron chi connectivity index (χ0n) is 24.3. The molecule has 1 aliphatic carbocycles. The summed E-state index contributed by atoms with van der Waals surface area (Å²) in [5, 5.41) is 13.8. The number of piperazine rings is 1. The van der Waals surface area contributed by atoms with Gasteiger partial charge in [0.15, 0.2) is 0 Å². The minimum Gasteiger partial charge on any atom is -0.473 e. The van der Waals surface area contributed by atoms with Crippen LogP contribution in [-0.4, -0.2) is 80.7 Å². The van der Waals surface area contributed by atoms with Crippen LogP contribution >= 0.6 is 0 Å². The summed E-state index contributed by atoms with van der Waals surface area (Å²) in [7, 11) is 4.09. The molecular formula is C31H40N8O2. The van der Waals surface area contributed by atoms with Crippen LogP contribution in [0.3, 0.4) is 0 Å². The smallest absolute Gasteiger partial charge is 0.266 e. The highest BCUT2D eigenvalue weighted by Crippen LogP contribution is 2.36. The van der Waals surface area contributed by atoms with Gasteiger partial charge in [0.25, 0.3) is 5.56 Å². The quantitative estimate of drug-likeness (QED) is 0.348. The average molecular weight is 557 g/mol. The summed E-state index contributed by atoms with van der Waals surface area (Å²) in [5.41, 5.74) is 4.42. The summed E-state index contributed by atoms with van der Waals surface area (Å²) in [6, 6.07) is 14.5. The summed E-state index contributed by atoms with van der Waals surface area (Å²) >= 11 is 0. The molecule has 1 aromatic carbocycles. The molecule has 0 unspecified atom stereocenters. The first-order valence-corrected chi connectivity index (χ1v) is 14.8. The number of ether oxygens (including phenoxy) is 1. The fourth-order valence-corrected chi connectivity index (χ4v) is 5.99. The molecule has 3 aromatic heterocycles. The van der Waals surface area contributed by atoms with E-state index < -0.39 is 0 Å². The van der Waals surface area contributed by atoms with E-state index in [2.05, 4.69) is 67.3 Å². The SMILES string of the molecule is CCn1nc(OC2CCC(n3nc(-c4ccc(CN5CCN(C)CC5)cc4)c4cnc(NC)cc43)CC2)ccc1=O. The first-order valence-electron chi connectivity index (χ1n) is 14.8. The summed E-state index contributed by atoms with van der Waals surface area (Å²) in [6.45, 7) is 7.90. The van der Waals surface area contributed by atoms with Crippen molar-refractivity contribution in [1.82, 2.24) is 34.3 Å². The summed E-state index contributed by atoms with van der Waals surface area (Å²) < 4.78 is 9.82. The Hall–Kier alpha value is -3.76. The number of benzene rings is 1. The van der Waals surface area contributed by atoms with Crippen LogP contribution in [0.25, 0.3) is 22.2 Å². The number of hydrogen-bond donors (Lipinski definition) is 1. The van der Waals surface area contributed by atoms with Crippen molar-refractivity contribution in [3.63, 3.8) is 0 Å². The Morgan fingerprint density at radius 1 is 0.976 bits per heavy atom. The second-order valence-corrected chi connectivity index (χ2v) is 11.3. The van der Waals surface area contributed by atoms with Gasteiger partial charge in [0, 0.05) is 81.7 Å². The van der Waals surface area contributed by atoms with Gasteiger partial charge in [-0.15, -0.1) is 5.10 Å². The van der Waals surface area contributed by atoms with Crippen LogP contribution in [0.1, 0.15) is 44.2 Å². The second kappa shape index (κ2) is 12.0. The Labute approximate surface area is 240 Å². The molecule has 2 aliphatic rings. The minimum absolute atomic E-state index is 0.0743. The molecular weight excluding hydrogens is 516 g/mol. The largest absolute Gasteiger partial charge is 0.473 e. The lowest BCUT2D eigenvalue weighted by Gasteiger charge is -2.32. The molecule has 0 spiro atoms. The Morgan fingerprint density at radius 3 is 2.44 bits per heavy atom. The van der Waals surface area contributed by atoms with Gasteiger partial charge in [-0.2, -0.15) is 5.10 Å². The standard InChI is InChI=1S/C31H40N8O2/c1-4-38-30(40)14-13-29(34-38)41-25-11-9-24(10-12-25)39-27-19-28(32-2)33-20-26(27)31(35-39)23-7-5-22(6-8-23)21-37-17-15-36(3)16-18-37/h5-8,13-14,19-20,24-25H,4,9-12,15-18,21H2,1-3H3,(H,32,33). The van der Waals surface area contributed by atoms with Crippen molar-refractivity contribution < 1.29 is 4.74 Å². The van der Waals surface area contributed by atoms with Crippen LogP contribution in [0.5, 0.6) is 5.88 Å². The Kier molecular flexibility index (Phi) is 8.02. The van der Waals surface area contributed by atoms with E-state index in [0.29, 0.717) is 12.4 Å². The molecule has 1 saturated heterocycles. The molecule has 10 heteroatoms. The van der Waals surface area contributed by atoms with E-state index in [9.17, 15) is 4.79 Å². The van der Waals surface area contributed by atoms with Gasteiger partial charge in [-0.3, -0.25) is 14.4 Å². The summed E-state index contributed by atoms with van der Waals surface area (Å²) in [4.78, 5) is 21.4. The van der Waals surface area contributed by atoms with E-state index in [1.807, 2.05) is 20.2 Å². The van der Waals surface area contributed by atoms with Crippen molar-refractivity contribution in [2.75, 3.05) is 45.6 Å². The lowest BCUT2D eigenvalue weighted by molar-refractivity contribution is 0.123. The van der Waals surface area contributed by atoms with Gasteiger partial charge in [0.05, 0.1) is 11.6 Å². The zero-order valence-corrected chi connectivity index (χ0v) is 24.3. The van der Waals surface area contributed by atoms with Gasteiger partial charge in [-0.25, -0.2) is 9.67 Å². The minimum atomic E-state index is -0.106. The number of pyridine rings is 1. The van der Waals surface area contributed by atoms with Gasteiger partial charge in [-0.05, 0) is 45.2 Å². The maximum atomic E-state index is 11.9. The molecule has 0 bridgehead atoms. The molecule has 0 amide bonds. The van der Waals surface area contributed by atoms with Gasteiger partial charge < -0.3 is 15.0 Å². The Bertz CT molecular complexity index is 1530. The molecule has 0 radical (unpaired) electrons. The van der Waals surface area contributed by atoms with E-state index in [4.69, 9.17) is 9.84 Å². The molecule has 1 aliphatic heterocycles. The van der Waals surface area contributed by atoms with Crippen LogP contribution in [0, 0.1) is 0 Å². The zero-order chi connectivity index (χ0) is 28.3. The first-order chi connectivity index (χ1) is 20.0. The number of aryl methyl sites for hydroxylation is 1. The number of nitrogens with one attached hydrogen (secondary N) is 1. The van der Waals surface area contributed by atoms with E-state index in [1.165, 1.54) is 16.3 Å². The van der Waals surface area contributed by atoms with Crippen molar-refractivity contribution in [3.05, 3.63) is 64.6 Å². The van der Waals surface area contributed by atoms with Crippen LogP contribution in [0.15, 0.2) is 53.5 Å². The van der Waals surface area contributed by atoms with Crippen molar-refractivity contribution in [2.24, 2.45) is 0 Å². The van der Waals surface area contributed by atoms with E-state index in [-0.39, 0.29) is 17.7 Å². The van der Waals surface area contributed by atoms with Crippen molar-refractivity contribution in [1.29, 1.82) is 0 Å². The highest BCUT2D eigenvalue weighted by molar-refractivity contribution is 5.94. The number of anilines is 1. The summed E-state index contributed by atoms with van der Waals surface area (Å²) in [5.74, 6) is 1.35. The number of fused-ring (bicyclic) bond motifs is 1. The molecule has 0 atom stereocenters. The maximum absolute atomic E-state index is 11.9. The number of nitrogens with zero attached hydrogens (tertiary/aromatic N) is 7. The molecule has 4 heterocycles. The van der Waals surface area contributed by atoms with Gasteiger partial charge in [0.2, 0.25) is 5.88 Å². The molecule has 10 nitrogen and oxygen atoms in total. The third-order valence-electron chi connectivity index (χ3n) is 8.50. The summed E-state index contributed by atoms with van der Waals surface area (Å²) in [6.07, 6.45) is 5.73. The topological polar surface area (TPSA) is 93.3 Å². The predicted octanol–water partition coefficient (Wildman–Crippen LogP) is 4.03. The molecule has 2 fully saturated rings. The highest BCUT2D eigenvalue weighted by Gasteiger charge is 2.27. The van der Waals surface area contributed by atoms with Gasteiger partial charge in [-0.1, -0.05) is 24.3 Å². The van der Waals surface area contributed by atoms with E-state index >= 15 is 0 Å². The van der Waals surface area contributed by atoms with Gasteiger partial charge >= 0.3 is 0 Å². The fraction of sp³-hybridized carbons (Fsp3) is 0.484. The van der Waals surface area contributed by atoms with Crippen molar-refractivity contribution >= 4 is 16.7 Å². The maximum Gasteiger partial charge on any atom is 0.266 e. The fourth-order valence-electron chi connectivity index (χ4n) is 5.99. The van der Waals surface area contributed by atoms with E-state index in [1.54, 1.807) is 6.07 Å². The molecule has 41 heavy (non-hydrogen) atoms. The number of hydrogen-bond acceptors (Lipinski definition) is 8. The number of rotatable bonds is 8. The third kappa shape index (κ3) is 5.99. The van der Waals surface area contributed by atoms with E-state index in [0.717, 1.165) is 86.4 Å². The van der Waals surface area contributed by atoms with Crippen molar-refractivity contribution in [3.8, 4) is 17.1 Å². The second-order valence-electron chi connectivity index (χ2n) is 11.3. The predicted molar refractivity (Wildman–Crippen MR) is 161 cm³/mol. The average Bonchev–Trinajstić information content (AvgIpc) is 3.39. The van der Waals surface area contributed by atoms with Gasteiger partial charge in [0.1, 0.15) is 17.6 Å². The molecule has 216 valence electrons. The van der Waals surface area contributed by atoms with Crippen molar-refractivity contribution in [2.45, 2.75) is 57.8 Å². The lowest BCUT2D eigenvalue weighted by atomic mass is 9.93. The van der Waals surface area contributed by atoms with Crippen LogP contribution in [0.4, 0.5) is 5.82 Å². The van der Waals surface area contributed by atoms with Crippen LogP contribution in [0.2, 0.25) is 0 Å². The normalized spacial score (nSPS) is 20.4. The monoisotopic (exact) mass is 556 g/mol. The molecule has 1 saturated carbocycles. The van der Waals surface area contributed by atoms with Crippen LogP contribution in [-0.2, 0) is 13.1 Å². The number of aromatic nitrogens is 5. The Balaban J connectivity index is 1.19. The molecule has 1 N–H and O–H groups in total. The first kappa shape index (κ1) is 27.4. The molecule has 4 aromatic rings.